The van der Waals surface area contributed by atoms with E-state index in [4.69, 9.17) is 9.47 Å². The van der Waals surface area contributed by atoms with Gasteiger partial charge in [-0.2, -0.15) is 0 Å². The molecule has 0 unspecified atom stereocenters. The van der Waals surface area contributed by atoms with Crippen molar-refractivity contribution in [2.45, 2.75) is 65.2 Å². The maximum Gasteiger partial charge on any atom is 0.410 e. The fourth-order valence-corrected chi connectivity index (χ4v) is 3.85. The Balaban J connectivity index is 1.48. The Morgan fingerprint density at radius 3 is 2.45 bits per heavy atom. The van der Waals surface area contributed by atoms with Gasteiger partial charge in [-0.25, -0.2) is 9.59 Å². The highest BCUT2D eigenvalue weighted by Crippen LogP contribution is 2.26. The average Bonchev–Trinajstić information content (AvgIpc) is 2.72. The first kappa shape index (κ1) is 22.9. The first-order valence-electron chi connectivity index (χ1n) is 11.0. The molecular formula is C25H34N2O4. The molecule has 0 aromatic heterocycles. The molecule has 0 radical (unpaired) electrons. The minimum absolute atomic E-state index is 0.114. The molecule has 31 heavy (non-hydrogen) atoms. The van der Waals surface area contributed by atoms with E-state index in [0.29, 0.717) is 26.2 Å². The number of amides is 2. The standard InChI is InChI=1S/C25H34N2O4/c1-19-16-22(12-15-27(19)24(29)31-25(2,3)4)17-20-10-13-26(14-11-20)23(28)30-18-21-8-6-5-7-9-21/h5-10,17,19H,11-16,18H2,1-4H3/t19-/m0/s1. The summed E-state index contributed by atoms with van der Waals surface area (Å²) in [7, 11) is 0. The SMILES string of the molecule is C[C@H]1CC(=CC2=CCN(C(=O)OCc3ccccc3)CC2)CCN1C(=O)OC(C)(C)C. The Morgan fingerprint density at radius 2 is 1.84 bits per heavy atom. The van der Waals surface area contributed by atoms with Crippen molar-refractivity contribution in [1.82, 2.24) is 9.80 Å². The topological polar surface area (TPSA) is 59.1 Å². The highest BCUT2D eigenvalue weighted by molar-refractivity contribution is 5.69. The molecule has 6 nitrogen and oxygen atoms in total. The molecule has 2 amide bonds. The van der Waals surface area contributed by atoms with Crippen LogP contribution in [0.25, 0.3) is 0 Å². The maximum absolute atomic E-state index is 12.4. The summed E-state index contributed by atoms with van der Waals surface area (Å²) in [5, 5.41) is 0. The Bertz CT molecular complexity index is 839. The van der Waals surface area contributed by atoms with E-state index in [2.05, 4.69) is 19.1 Å². The van der Waals surface area contributed by atoms with Gasteiger partial charge in [-0.15, -0.1) is 0 Å². The lowest BCUT2D eigenvalue weighted by atomic mass is 9.94. The van der Waals surface area contributed by atoms with Crippen LogP contribution in [0.15, 0.2) is 53.6 Å². The molecule has 0 bridgehead atoms. The van der Waals surface area contributed by atoms with E-state index < -0.39 is 5.60 Å². The third-order valence-electron chi connectivity index (χ3n) is 5.49. The summed E-state index contributed by atoms with van der Waals surface area (Å²) in [4.78, 5) is 28.3. The lowest BCUT2D eigenvalue weighted by Crippen LogP contribution is -2.45. The summed E-state index contributed by atoms with van der Waals surface area (Å²) in [6.07, 6.45) is 6.35. The number of piperidine rings is 1. The monoisotopic (exact) mass is 426 g/mol. The van der Waals surface area contributed by atoms with Crippen molar-refractivity contribution in [3.8, 4) is 0 Å². The van der Waals surface area contributed by atoms with Crippen molar-refractivity contribution in [3.05, 3.63) is 59.2 Å². The van der Waals surface area contributed by atoms with Crippen molar-refractivity contribution < 1.29 is 19.1 Å². The normalized spacial score (nSPS) is 21.0. The van der Waals surface area contributed by atoms with E-state index in [1.807, 2.05) is 56.0 Å². The first-order chi connectivity index (χ1) is 14.7. The Kier molecular flexibility index (Phi) is 7.42. The quantitative estimate of drug-likeness (QED) is 0.658. The third-order valence-corrected chi connectivity index (χ3v) is 5.49. The molecule has 0 saturated carbocycles. The fourth-order valence-electron chi connectivity index (χ4n) is 3.85. The zero-order valence-electron chi connectivity index (χ0n) is 19.1. The number of benzene rings is 1. The number of likely N-dealkylation sites (tertiary alicyclic amines) is 1. The van der Waals surface area contributed by atoms with Crippen molar-refractivity contribution in [2.75, 3.05) is 19.6 Å². The molecule has 1 aromatic carbocycles. The summed E-state index contributed by atoms with van der Waals surface area (Å²) >= 11 is 0. The summed E-state index contributed by atoms with van der Waals surface area (Å²) < 4.78 is 11.0. The number of nitrogens with zero attached hydrogens (tertiary/aromatic N) is 2. The largest absolute Gasteiger partial charge is 0.445 e. The van der Waals surface area contributed by atoms with Gasteiger partial charge >= 0.3 is 12.2 Å². The third kappa shape index (κ3) is 6.88. The predicted molar refractivity (Wildman–Crippen MR) is 121 cm³/mol. The summed E-state index contributed by atoms with van der Waals surface area (Å²) in [6, 6.07) is 9.82. The van der Waals surface area contributed by atoms with E-state index in [-0.39, 0.29) is 18.2 Å². The Labute approximate surface area is 185 Å². The van der Waals surface area contributed by atoms with Gasteiger partial charge in [0.15, 0.2) is 0 Å². The molecule has 0 aliphatic carbocycles. The molecule has 1 fully saturated rings. The molecule has 1 atom stereocenters. The minimum Gasteiger partial charge on any atom is -0.445 e. The highest BCUT2D eigenvalue weighted by Gasteiger charge is 2.29. The van der Waals surface area contributed by atoms with Crippen LogP contribution < -0.4 is 0 Å². The van der Waals surface area contributed by atoms with Gasteiger partial charge < -0.3 is 19.3 Å². The second-order valence-corrected chi connectivity index (χ2v) is 9.29. The lowest BCUT2D eigenvalue weighted by molar-refractivity contribution is 0.0152. The second kappa shape index (κ2) is 10.0. The number of hydrogen-bond donors (Lipinski definition) is 0. The molecule has 1 aromatic rings. The molecule has 168 valence electrons. The van der Waals surface area contributed by atoms with Gasteiger partial charge in [0.2, 0.25) is 0 Å². The number of carbonyl (C=O) groups excluding carboxylic acids is 2. The zero-order valence-corrected chi connectivity index (χ0v) is 19.1. The molecule has 0 N–H and O–H groups in total. The van der Waals surface area contributed by atoms with Crippen LogP contribution in [0.1, 0.15) is 52.5 Å². The summed E-state index contributed by atoms with van der Waals surface area (Å²) in [5.41, 5.74) is 3.10. The minimum atomic E-state index is -0.478. The highest BCUT2D eigenvalue weighted by atomic mass is 16.6. The van der Waals surface area contributed by atoms with Crippen LogP contribution in [-0.2, 0) is 16.1 Å². The molecule has 3 rings (SSSR count). The molecule has 0 spiro atoms. The van der Waals surface area contributed by atoms with Crippen molar-refractivity contribution in [1.29, 1.82) is 0 Å². The van der Waals surface area contributed by atoms with Gasteiger partial charge in [0, 0.05) is 25.7 Å². The van der Waals surface area contributed by atoms with Crippen LogP contribution in [0.4, 0.5) is 9.59 Å². The fraction of sp³-hybridized carbons (Fsp3) is 0.520. The molecule has 1 saturated heterocycles. The smallest absolute Gasteiger partial charge is 0.410 e. The molecule has 6 heteroatoms. The van der Waals surface area contributed by atoms with E-state index in [9.17, 15) is 9.59 Å². The molecule has 2 aliphatic heterocycles. The van der Waals surface area contributed by atoms with Gasteiger partial charge in [-0.05, 0) is 58.1 Å². The van der Waals surface area contributed by atoms with Crippen molar-refractivity contribution >= 4 is 12.2 Å². The summed E-state index contributed by atoms with van der Waals surface area (Å²) in [6.45, 7) is 9.92. The van der Waals surface area contributed by atoms with Gasteiger partial charge in [0.05, 0.1) is 0 Å². The van der Waals surface area contributed by atoms with Crippen LogP contribution in [0.3, 0.4) is 0 Å². The molecular weight excluding hydrogens is 392 g/mol. The number of carbonyl (C=O) groups is 2. The van der Waals surface area contributed by atoms with E-state index in [1.165, 1.54) is 11.1 Å². The lowest BCUT2D eigenvalue weighted by Gasteiger charge is -2.36. The molecule has 2 aliphatic rings. The number of hydrogen-bond acceptors (Lipinski definition) is 4. The van der Waals surface area contributed by atoms with Gasteiger partial charge in [-0.1, -0.05) is 48.1 Å². The zero-order chi connectivity index (χ0) is 22.4. The maximum atomic E-state index is 12.4. The number of allylic oxidation sites excluding steroid dienone is 1. The van der Waals surface area contributed by atoms with Crippen LogP contribution in [-0.4, -0.2) is 53.3 Å². The van der Waals surface area contributed by atoms with Crippen LogP contribution in [0.5, 0.6) is 0 Å². The van der Waals surface area contributed by atoms with Crippen LogP contribution in [0, 0.1) is 0 Å². The van der Waals surface area contributed by atoms with Crippen LogP contribution in [0.2, 0.25) is 0 Å². The van der Waals surface area contributed by atoms with E-state index in [0.717, 1.165) is 24.8 Å². The van der Waals surface area contributed by atoms with Gasteiger partial charge in [0.1, 0.15) is 12.2 Å². The van der Waals surface area contributed by atoms with E-state index in [1.54, 1.807) is 4.90 Å². The average molecular weight is 427 g/mol. The Morgan fingerprint density at radius 1 is 1.10 bits per heavy atom. The predicted octanol–water partition coefficient (Wildman–Crippen LogP) is 5.30. The van der Waals surface area contributed by atoms with Gasteiger partial charge in [-0.3, -0.25) is 0 Å². The van der Waals surface area contributed by atoms with Crippen molar-refractivity contribution in [3.63, 3.8) is 0 Å². The van der Waals surface area contributed by atoms with Crippen LogP contribution >= 0.6 is 0 Å². The molecule has 2 heterocycles. The number of rotatable bonds is 3. The van der Waals surface area contributed by atoms with E-state index >= 15 is 0 Å². The van der Waals surface area contributed by atoms with Gasteiger partial charge in [0.25, 0.3) is 0 Å². The first-order valence-corrected chi connectivity index (χ1v) is 11.0. The number of ether oxygens (including phenoxy) is 2. The Hall–Kier alpha value is -2.76. The summed E-state index contributed by atoms with van der Waals surface area (Å²) in [5.74, 6) is 0. The second-order valence-electron chi connectivity index (χ2n) is 9.29. The van der Waals surface area contributed by atoms with Crippen molar-refractivity contribution in [2.24, 2.45) is 0 Å².